The number of nitrogens with two attached hydrogens (primary N) is 1. The fourth-order valence-electron chi connectivity index (χ4n) is 0.518. The van der Waals surface area contributed by atoms with Crippen LogP contribution in [-0.2, 0) is 4.74 Å². The van der Waals surface area contributed by atoms with Crippen molar-refractivity contribution in [2.24, 2.45) is 0 Å². The molecule has 56 valence electrons. The third-order valence-corrected chi connectivity index (χ3v) is 1.17. The number of nitrogen functional groups attached to an aromatic ring is 1. The van der Waals surface area contributed by atoms with E-state index in [-0.39, 0.29) is 12.1 Å². The molecule has 1 atom stereocenters. The minimum absolute atomic E-state index is 0.0684. The van der Waals surface area contributed by atoms with Gasteiger partial charge in [-0.1, -0.05) is 5.16 Å². The predicted octanol–water partition coefficient (Wildman–Crippen LogP) is 0.359. The second kappa shape index (κ2) is 2.66. The molecule has 1 aromatic heterocycles. The third-order valence-electron chi connectivity index (χ3n) is 1.17. The molecule has 10 heavy (non-hydrogen) atoms. The lowest BCUT2D eigenvalue weighted by Gasteiger charge is -2.00. The second-order valence-electron chi connectivity index (χ2n) is 1.87. The van der Waals surface area contributed by atoms with E-state index < -0.39 is 0 Å². The lowest BCUT2D eigenvalue weighted by molar-refractivity contribution is 0.109. The zero-order valence-corrected chi connectivity index (χ0v) is 5.87. The van der Waals surface area contributed by atoms with Crippen molar-refractivity contribution in [3.63, 3.8) is 0 Å². The summed E-state index contributed by atoms with van der Waals surface area (Å²) >= 11 is 0. The number of hydrogen-bond donors (Lipinski definition) is 1. The number of aromatic nitrogens is 2. The fraction of sp³-hybridized carbons (Fsp3) is 0.600. The van der Waals surface area contributed by atoms with Crippen LogP contribution in [0.3, 0.4) is 0 Å². The number of methoxy groups -OCH3 is 1. The Morgan fingerprint density at radius 3 is 2.80 bits per heavy atom. The van der Waals surface area contributed by atoms with Crippen molar-refractivity contribution in [3.8, 4) is 0 Å². The van der Waals surface area contributed by atoms with E-state index in [1.54, 1.807) is 7.11 Å². The maximum absolute atomic E-state index is 5.18. The molecule has 0 saturated carbocycles. The molecule has 0 saturated heterocycles. The van der Waals surface area contributed by atoms with Crippen molar-refractivity contribution in [1.82, 2.24) is 10.1 Å². The van der Waals surface area contributed by atoms with Gasteiger partial charge in [-0.05, 0) is 6.92 Å². The molecule has 0 aliphatic carbocycles. The van der Waals surface area contributed by atoms with Crippen LogP contribution in [-0.4, -0.2) is 17.3 Å². The van der Waals surface area contributed by atoms with E-state index in [4.69, 9.17) is 10.5 Å². The molecule has 1 heterocycles. The summed E-state index contributed by atoms with van der Waals surface area (Å²) in [6.07, 6.45) is -0.166. The quantitative estimate of drug-likeness (QED) is 0.646. The van der Waals surface area contributed by atoms with Crippen molar-refractivity contribution < 1.29 is 9.26 Å². The molecule has 1 aromatic rings. The molecule has 1 unspecified atom stereocenters. The van der Waals surface area contributed by atoms with Crippen molar-refractivity contribution >= 4 is 6.01 Å². The summed E-state index contributed by atoms with van der Waals surface area (Å²) in [6.45, 7) is 1.81. The SMILES string of the molecule is COC(C)c1noc(N)n1. The van der Waals surface area contributed by atoms with Gasteiger partial charge in [-0.2, -0.15) is 4.98 Å². The Labute approximate surface area is 58.2 Å². The Balaban J connectivity index is 2.74. The Hall–Kier alpha value is -1.10. The van der Waals surface area contributed by atoms with Crippen LogP contribution in [0.15, 0.2) is 4.52 Å². The van der Waals surface area contributed by atoms with E-state index in [1.165, 1.54) is 0 Å². The van der Waals surface area contributed by atoms with E-state index in [0.717, 1.165) is 0 Å². The molecular weight excluding hydrogens is 134 g/mol. The summed E-state index contributed by atoms with van der Waals surface area (Å²) in [5.74, 6) is 0.472. The Morgan fingerprint density at radius 1 is 1.70 bits per heavy atom. The Bertz CT molecular complexity index is 210. The topological polar surface area (TPSA) is 74.2 Å². The first-order valence-corrected chi connectivity index (χ1v) is 2.86. The van der Waals surface area contributed by atoms with E-state index in [9.17, 15) is 0 Å². The fourth-order valence-corrected chi connectivity index (χ4v) is 0.518. The molecule has 1 rings (SSSR count). The molecule has 0 fully saturated rings. The zero-order valence-electron chi connectivity index (χ0n) is 5.87. The highest BCUT2D eigenvalue weighted by atomic mass is 16.5. The largest absolute Gasteiger partial charge is 0.374 e. The Morgan fingerprint density at radius 2 is 2.40 bits per heavy atom. The average molecular weight is 143 g/mol. The molecule has 0 bridgehead atoms. The van der Waals surface area contributed by atoms with Gasteiger partial charge in [-0.25, -0.2) is 0 Å². The number of rotatable bonds is 2. The number of nitrogens with zero attached hydrogens (tertiary/aromatic N) is 2. The van der Waals surface area contributed by atoms with Crippen LogP contribution in [0.25, 0.3) is 0 Å². The highest BCUT2D eigenvalue weighted by Crippen LogP contribution is 2.11. The van der Waals surface area contributed by atoms with Gasteiger partial charge in [0.25, 0.3) is 0 Å². The summed E-state index contributed by atoms with van der Waals surface area (Å²) in [5.41, 5.74) is 5.18. The maximum Gasteiger partial charge on any atom is 0.318 e. The van der Waals surface area contributed by atoms with Crippen molar-refractivity contribution in [1.29, 1.82) is 0 Å². The van der Waals surface area contributed by atoms with E-state index in [2.05, 4.69) is 14.7 Å². The van der Waals surface area contributed by atoms with Crippen LogP contribution in [0.4, 0.5) is 6.01 Å². The van der Waals surface area contributed by atoms with Gasteiger partial charge in [0.1, 0.15) is 6.10 Å². The summed E-state index contributed by atoms with van der Waals surface area (Å²) < 4.78 is 9.43. The average Bonchev–Trinajstić information content (AvgIpc) is 2.34. The second-order valence-corrected chi connectivity index (χ2v) is 1.87. The van der Waals surface area contributed by atoms with Crippen LogP contribution in [0.1, 0.15) is 18.9 Å². The van der Waals surface area contributed by atoms with Crippen molar-refractivity contribution in [3.05, 3.63) is 5.82 Å². The molecule has 0 aliphatic rings. The molecule has 0 aliphatic heterocycles. The highest BCUT2D eigenvalue weighted by Gasteiger charge is 2.09. The van der Waals surface area contributed by atoms with Gasteiger partial charge >= 0.3 is 6.01 Å². The lowest BCUT2D eigenvalue weighted by atomic mass is 10.4. The summed E-state index contributed by atoms with van der Waals surface area (Å²) in [7, 11) is 1.57. The number of anilines is 1. The van der Waals surface area contributed by atoms with Gasteiger partial charge in [0, 0.05) is 7.11 Å². The van der Waals surface area contributed by atoms with Crippen LogP contribution >= 0.6 is 0 Å². The third kappa shape index (κ3) is 1.24. The van der Waals surface area contributed by atoms with E-state index >= 15 is 0 Å². The van der Waals surface area contributed by atoms with Gasteiger partial charge in [0.05, 0.1) is 0 Å². The minimum Gasteiger partial charge on any atom is -0.374 e. The van der Waals surface area contributed by atoms with Crippen LogP contribution < -0.4 is 5.73 Å². The Kier molecular flexibility index (Phi) is 1.86. The van der Waals surface area contributed by atoms with E-state index in [0.29, 0.717) is 5.82 Å². The maximum atomic E-state index is 5.18. The van der Waals surface area contributed by atoms with Gasteiger partial charge in [-0.15, -0.1) is 0 Å². The molecule has 0 aromatic carbocycles. The zero-order chi connectivity index (χ0) is 7.56. The van der Waals surface area contributed by atoms with Crippen molar-refractivity contribution in [2.75, 3.05) is 12.8 Å². The normalized spacial score (nSPS) is 13.4. The molecule has 0 radical (unpaired) electrons. The van der Waals surface area contributed by atoms with Crippen LogP contribution in [0, 0.1) is 0 Å². The number of ether oxygens (including phenoxy) is 1. The summed E-state index contributed by atoms with van der Waals surface area (Å²) in [5, 5.41) is 3.55. The first-order valence-electron chi connectivity index (χ1n) is 2.86. The standard InChI is InChI=1S/C5H9N3O2/c1-3(9-2)4-7-5(6)10-8-4/h3H,1-2H3,(H2,6,7,8). The summed E-state index contributed by atoms with van der Waals surface area (Å²) in [4.78, 5) is 3.76. The monoisotopic (exact) mass is 143 g/mol. The van der Waals surface area contributed by atoms with Crippen LogP contribution in [0.2, 0.25) is 0 Å². The van der Waals surface area contributed by atoms with E-state index in [1.807, 2.05) is 6.92 Å². The molecular formula is C5H9N3O2. The summed E-state index contributed by atoms with van der Waals surface area (Å²) in [6, 6.07) is 0.0684. The van der Waals surface area contributed by atoms with Gasteiger partial charge in [0.2, 0.25) is 5.82 Å². The highest BCUT2D eigenvalue weighted by molar-refractivity contribution is 5.08. The predicted molar refractivity (Wildman–Crippen MR) is 34.1 cm³/mol. The van der Waals surface area contributed by atoms with Gasteiger partial charge < -0.3 is 15.0 Å². The lowest BCUT2D eigenvalue weighted by Crippen LogP contribution is -1.98. The molecule has 2 N–H and O–H groups in total. The molecule has 0 spiro atoms. The molecule has 0 amide bonds. The van der Waals surface area contributed by atoms with Gasteiger partial charge in [-0.3, -0.25) is 0 Å². The number of hydrogen-bond acceptors (Lipinski definition) is 5. The van der Waals surface area contributed by atoms with Gasteiger partial charge in [0.15, 0.2) is 0 Å². The first-order chi connectivity index (χ1) is 4.74. The molecule has 5 nitrogen and oxygen atoms in total. The smallest absolute Gasteiger partial charge is 0.318 e. The van der Waals surface area contributed by atoms with Crippen molar-refractivity contribution in [2.45, 2.75) is 13.0 Å². The first kappa shape index (κ1) is 7.01. The molecule has 5 heteroatoms. The van der Waals surface area contributed by atoms with Crippen LogP contribution in [0.5, 0.6) is 0 Å². The minimum atomic E-state index is -0.166.